The van der Waals surface area contributed by atoms with E-state index in [1.807, 2.05) is 16.0 Å². The van der Waals surface area contributed by atoms with Crippen LogP contribution in [0.4, 0.5) is 0 Å². The molecule has 0 saturated carbocycles. The molecule has 0 radical (unpaired) electrons. The molecular weight excluding hydrogens is 440 g/mol. The number of hydroxylamine groups is 2. The molecule has 35 heavy (non-hydrogen) atoms. The topological polar surface area (TPSA) is 51.2 Å². The number of amides is 1. The first-order chi connectivity index (χ1) is 16.8. The average Bonchev–Trinajstić information content (AvgIpc) is 3.04. The summed E-state index contributed by atoms with van der Waals surface area (Å²) in [6.45, 7) is 16.9. The molecule has 1 aromatic carbocycles. The van der Waals surface area contributed by atoms with E-state index < -0.39 is 5.54 Å². The van der Waals surface area contributed by atoms with Crippen molar-refractivity contribution in [3.8, 4) is 0 Å². The van der Waals surface area contributed by atoms with Crippen molar-refractivity contribution in [3.05, 3.63) is 77.1 Å². The second kappa shape index (κ2) is 11.8. The first-order valence-electron chi connectivity index (χ1n) is 12.3. The Bertz CT molecular complexity index is 993. The molecule has 1 aromatic rings. The molecule has 0 aliphatic carbocycles. The number of nitrogens with zero attached hydrogens (tertiary/aromatic N) is 2. The van der Waals surface area contributed by atoms with E-state index in [4.69, 9.17) is 14.3 Å². The number of hydrogen-bond donors (Lipinski definition) is 0. The Hall–Kier alpha value is -2.67. The number of allylic oxidation sites excluding steroid dienone is 2. The number of carbonyl (C=O) groups is 1. The van der Waals surface area contributed by atoms with Gasteiger partial charge in [-0.1, -0.05) is 49.1 Å². The monoisotopic (exact) mass is 480 g/mol. The van der Waals surface area contributed by atoms with Crippen molar-refractivity contribution in [1.82, 2.24) is 9.96 Å². The van der Waals surface area contributed by atoms with Gasteiger partial charge in [0, 0.05) is 33.4 Å². The Morgan fingerprint density at radius 1 is 1.11 bits per heavy atom. The van der Waals surface area contributed by atoms with Gasteiger partial charge < -0.3 is 19.2 Å². The van der Waals surface area contributed by atoms with Gasteiger partial charge in [0.25, 0.3) is 5.91 Å². The molecule has 1 saturated heterocycles. The Kier molecular flexibility index (Phi) is 9.11. The Balaban J connectivity index is 2.18. The summed E-state index contributed by atoms with van der Waals surface area (Å²) < 4.78 is 11.9. The van der Waals surface area contributed by atoms with Crippen LogP contribution in [-0.4, -0.2) is 68.5 Å². The zero-order chi connectivity index (χ0) is 25.6. The van der Waals surface area contributed by atoms with Gasteiger partial charge in [0.15, 0.2) is 0 Å². The lowest BCUT2D eigenvalue weighted by Crippen LogP contribution is -2.55. The molecule has 1 spiro atoms. The van der Waals surface area contributed by atoms with Crippen molar-refractivity contribution in [2.75, 3.05) is 47.1 Å². The minimum Gasteiger partial charge on any atom is -0.490 e. The Morgan fingerprint density at radius 3 is 2.31 bits per heavy atom. The third kappa shape index (κ3) is 5.45. The predicted molar refractivity (Wildman–Crippen MR) is 141 cm³/mol. The molecule has 6 heteroatoms. The van der Waals surface area contributed by atoms with Crippen molar-refractivity contribution in [2.45, 2.75) is 45.6 Å². The summed E-state index contributed by atoms with van der Waals surface area (Å²) in [5.74, 6) is 0.799. The molecule has 6 nitrogen and oxygen atoms in total. The second-order valence-corrected chi connectivity index (χ2v) is 9.39. The Morgan fingerprint density at radius 2 is 1.77 bits per heavy atom. The van der Waals surface area contributed by atoms with Gasteiger partial charge in [-0.25, -0.2) is 0 Å². The highest BCUT2D eigenvalue weighted by atomic mass is 16.7. The van der Waals surface area contributed by atoms with E-state index in [0.29, 0.717) is 38.4 Å². The van der Waals surface area contributed by atoms with E-state index in [9.17, 15) is 4.79 Å². The summed E-state index contributed by atoms with van der Waals surface area (Å²) in [5, 5.41) is 1.95. The van der Waals surface area contributed by atoms with Crippen molar-refractivity contribution < 1.29 is 19.1 Å². The highest BCUT2D eigenvalue weighted by molar-refractivity contribution is 6.24. The van der Waals surface area contributed by atoms with Gasteiger partial charge in [-0.05, 0) is 62.3 Å². The summed E-state index contributed by atoms with van der Waals surface area (Å²) >= 11 is 0. The fourth-order valence-electron chi connectivity index (χ4n) is 5.48. The number of piperidine rings is 1. The first kappa shape index (κ1) is 26.9. The van der Waals surface area contributed by atoms with Gasteiger partial charge in [0.1, 0.15) is 17.9 Å². The number of carbonyl (C=O) groups excluding carboxylic acids is 1. The molecule has 0 aromatic heterocycles. The number of aryl methyl sites for hydroxylation is 3. The predicted octanol–water partition coefficient (Wildman–Crippen LogP) is 4.91. The molecule has 2 aliphatic rings. The van der Waals surface area contributed by atoms with Crippen molar-refractivity contribution in [3.63, 3.8) is 0 Å². The smallest absolute Gasteiger partial charge is 0.258 e. The number of ether oxygens (including phenoxy) is 2. The number of rotatable bonds is 11. The second-order valence-electron chi connectivity index (χ2n) is 9.39. The molecule has 1 amide bonds. The molecular formula is C29H40N2O4. The van der Waals surface area contributed by atoms with Crippen molar-refractivity contribution in [1.29, 1.82) is 0 Å². The number of hydrogen-bond acceptors (Lipinski definition) is 5. The molecule has 0 N–H and O–H groups in total. The van der Waals surface area contributed by atoms with Crippen LogP contribution in [0.25, 0.3) is 5.57 Å². The van der Waals surface area contributed by atoms with E-state index in [1.54, 1.807) is 26.4 Å². The van der Waals surface area contributed by atoms with Gasteiger partial charge in [0.05, 0.1) is 12.7 Å². The van der Waals surface area contributed by atoms with Crippen molar-refractivity contribution in [2.24, 2.45) is 0 Å². The normalized spacial score (nSPS) is 18.5. The highest BCUT2D eigenvalue weighted by Gasteiger charge is 2.54. The molecule has 0 atom stereocenters. The quantitative estimate of drug-likeness (QED) is 0.333. The number of methoxy groups -OCH3 is 1. The number of benzene rings is 1. The Labute approximate surface area is 210 Å². The van der Waals surface area contributed by atoms with E-state index >= 15 is 0 Å². The lowest BCUT2D eigenvalue weighted by Gasteiger charge is -2.45. The molecule has 3 rings (SSSR count). The third-order valence-corrected chi connectivity index (χ3v) is 7.07. The standard InChI is InChI=1S/C29H40N2O4/c1-8-11-24(9-2)20-35-27-26(25-22(4)18-21(3)19-23(25)5)28(32)31(14-10-17-33-6)29(27)12-15-30(34-7)16-13-29/h8-9,11,18-19H,1-2,10,12-17,20H2,3-7H3/b24-11+. The van der Waals surface area contributed by atoms with Crippen LogP contribution in [0.2, 0.25) is 0 Å². The van der Waals surface area contributed by atoms with Gasteiger partial charge >= 0.3 is 0 Å². The van der Waals surface area contributed by atoms with E-state index in [1.165, 1.54) is 5.56 Å². The average molecular weight is 481 g/mol. The highest BCUT2D eigenvalue weighted by Crippen LogP contribution is 2.48. The van der Waals surface area contributed by atoms with Crippen molar-refractivity contribution >= 4 is 11.5 Å². The SMILES string of the molecule is C=C/C=C(\C=C)COC1=C(c2c(C)cc(C)cc2C)C(=O)N(CCCOC)C12CCN(OC)CC2. The van der Waals surface area contributed by atoms with Crippen LogP contribution in [0, 0.1) is 20.8 Å². The van der Waals surface area contributed by atoms with Crippen LogP contribution in [0.15, 0.2) is 54.9 Å². The van der Waals surface area contributed by atoms with Crippen LogP contribution in [0.3, 0.4) is 0 Å². The third-order valence-electron chi connectivity index (χ3n) is 7.07. The van der Waals surface area contributed by atoms with Crippen LogP contribution >= 0.6 is 0 Å². The fraction of sp³-hybridized carbons (Fsp3) is 0.483. The van der Waals surface area contributed by atoms with Gasteiger partial charge in [-0.3, -0.25) is 4.79 Å². The summed E-state index contributed by atoms with van der Waals surface area (Å²) in [6.07, 6.45) is 7.63. The lowest BCUT2D eigenvalue weighted by molar-refractivity contribution is -0.164. The van der Waals surface area contributed by atoms with Gasteiger partial charge in [-0.2, -0.15) is 5.06 Å². The molecule has 2 heterocycles. The largest absolute Gasteiger partial charge is 0.490 e. The minimum atomic E-state index is -0.528. The molecule has 190 valence electrons. The zero-order valence-corrected chi connectivity index (χ0v) is 22.0. The van der Waals surface area contributed by atoms with E-state index in [-0.39, 0.29) is 5.91 Å². The maximum atomic E-state index is 14.2. The molecule has 0 bridgehead atoms. The summed E-state index contributed by atoms with van der Waals surface area (Å²) in [4.78, 5) is 21.8. The fourth-order valence-corrected chi connectivity index (χ4v) is 5.48. The van der Waals surface area contributed by atoms with Crippen LogP contribution < -0.4 is 0 Å². The van der Waals surface area contributed by atoms with E-state index in [0.717, 1.165) is 47.3 Å². The molecule has 2 aliphatic heterocycles. The lowest BCUT2D eigenvalue weighted by atomic mass is 9.84. The van der Waals surface area contributed by atoms with Gasteiger partial charge in [-0.15, -0.1) is 0 Å². The van der Waals surface area contributed by atoms with Crippen LogP contribution in [-0.2, 0) is 19.1 Å². The van der Waals surface area contributed by atoms with E-state index in [2.05, 4.69) is 46.1 Å². The minimum absolute atomic E-state index is 0.0323. The summed E-state index contributed by atoms with van der Waals surface area (Å²) in [6, 6.07) is 4.28. The van der Waals surface area contributed by atoms with Crippen LogP contribution in [0.1, 0.15) is 41.5 Å². The maximum Gasteiger partial charge on any atom is 0.258 e. The summed E-state index contributed by atoms with van der Waals surface area (Å²) in [7, 11) is 3.39. The zero-order valence-electron chi connectivity index (χ0n) is 22.0. The van der Waals surface area contributed by atoms with Gasteiger partial charge in [0.2, 0.25) is 0 Å². The van der Waals surface area contributed by atoms with Crippen LogP contribution in [0.5, 0.6) is 0 Å². The summed E-state index contributed by atoms with van der Waals surface area (Å²) in [5.41, 5.74) is 5.40. The molecule has 0 unspecified atom stereocenters. The first-order valence-corrected chi connectivity index (χ1v) is 12.3. The molecule has 1 fully saturated rings. The maximum absolute atomic E-state index is 14.2.